The smallest absolute Gasteiger partial charge is 0.266 e. The minimum Gasteiger partial charge on any atom is -0.290 e. The van der Waals surface area contributed by atoms with Gasteiger partial charge in [0.2, 0.25) is 0 Å². The van der Waals surface area contributed by atoms with Gasteiger partial charge in [-0.05, 0) is 31.5 Å². The Hall–Kier alpha value is -1.85. The summed E-state index contributed by atoms with van der Waals surface area (Å²) in [4.78, 5) is 15.6. The summed E-state index contributed by atoms with van der Waals surface area (Å²) in [6, 6.07) is 10.2. The number of hydrogen-bond donors (Lipinski definition) is 2. The zero-order chi connectivity index (χ0) is 15.2. The van der Waals surface area contributed by atoms with E-state index in [9.17, 15) is 4.79 Å². The molecule has 1 aromatic heterocycles. The maximum absolute atomic E-state index is 11.3. The number of aromatic nitrogens is 1. The molecule has 110 valence electrons. The predicted molar refractivity (Wildman–Crippen MR) is 86.8 cm³/mol. The summed E-state index contributed by atoms with van der Waals surface area (Å²) in [6.07, 6.45) is 1.55. The molecule has 2 aromatic rings. The molecule has 0 saturated carbocycles. The number of pyridine rings is 1. The molecule has 0 atom stereocenters. The fraction of sp³-hybridized carbons (Fsp3) is 0.250. The van der Waals surface area contributed by atoms with E-state index < -0.39 is 0 Å². The molecular formula is C16H19N3OS. The van der Waals surface area contributed by atoms with Gasteiger partial charge in [-0.2, -0.15) is 11.8 Å². The first kappa shape index (κ1) is 15.5. The van der Waals surface area contributed by atoms with Crippen LogP contribution < -0.4 is 11.3 Å². The maximum atomic E-state index is 11.3. The molecule has 5 heteroatoms. The lowest BCUT2D eigenvalue weighted by molar-refractivity contribution is 0.0953. The van der Waals surface area contributed by atoms with E-state index in [2.05, 4.69) is 42.5 Å². The second-order valence-corrected chi connectivity index (χ2v) is 5.99. The molecule has 0 spiro atoms. The second-order valence-electron chi connectivity index (χ2n) is 5.00. The molecule has 0 bridgehead atoms. The first-order valence-electron chi connectivity index (χ1n) is 6.69. The van der Waals surface area contributed by atoms with Crippen LogP contribution in [0.5, 0.6) is 0 Å². The number of hydrazine groups is 1. The second kappa shape index (κ2) is 7.24. The normalized spacial score (nSPS) is 10.4. The Bertz CT molecular complexity index is 606. The number of hydrogen-bond acceptors (Lipinski definition) is 4. The van der Waals surface area contributed by atoms with Gasteiger partial charge >= 0.3 is 0 Å². The van der Waals surface area contributed by atoms with Crippen molar-refractivity contribution in [2.45, 2.75) is 25.4 Å². The van der Waals surface area contributed by atoms with Gasteiger partial charge in [0, 0.05) is 17.7 Å². The summed E-state index contributed by atoms with van der Waals surface area (Å²) in [6.45, 7) is 4.23. The monoisotopic (exact) mass is 301 g/mol. The van der Waals surface area contributed by atoms with Crippen LogP contribution in [-0.4, -0.2) is 10.9 Å². The van der Waals surface area contributed by atoms with E-state index in [0.29, 0.717) is 5.56 Å². The number of nitrogens with zero attached hydrogens (tertiary/aromatic N) is 1. The Morgan fingerprint density at radius 2 is 1.90 bits per heavy atom. The van der Waals surface area contributed by atoms with E-state index in [1.54, 1.807) is 12.3 Å². The van der Waals surface area contributed by atoms with Crippen LogP contribution in [0.3, 0.4) is 0 Å². The predicted octanol–water partition coefficient (Wildman–Crippen LogP) is 2.74. The number of nitrogens with one attached hydrogen (secondary N) is 1. The Morgan fingerprint density at radius 1 is 1.19 bits per heavy atom. The summed E-state index contributed by atoms with van der Waals surface area (Å²) in [5, 5.41) is 0. The van der Waals surface area contributed by atoms with Crippen molar-refractivity contribution >= 4 is 17.7 Å². The molecule has 3 N–H and O–H groups in total. The zero-order valence-corrected chi connectivity index (χ0v) is 13.0. The molecule has 1 aromatic carbocycles. The van der Waals surface area contributed by atoms with E-state index in [1.165, 1.54) is 16.7 Å². The summed E-state index contributed by atoms with van der Waals surface area (Å²) in [5.74, 6) is 6.53. The third kappa shape index (κ3) is 4.58. The minimum absolute atomic E-state index is 0.322. The van der Waals surface area contributed by atoms with Crippen molar-refractivity contribution in [2.24, 2.45) is 5.84 Å². The van der Waals surface area contributed by atoms with Crippen LogP contribution in [0.4, 0.5) is 0 Å². The quantitative estimate of drug-likeness (QED) is 0.506. The number of thioether (sulfide) groups is 1. The summed E-state index contributed by atoms with van der Waals surface area (Å²) in [5.41, 5.74) is 7.44. The molecular weight excluding hydrogens is 282 g/mol. The van der Waals surface area contributed by atoms with Crippen LogP contribution in [0, 0.1) is 13.8 Å². The lowest BCUT2D eigenvalue weighted by Gasteiger charge is -2.05. The van der Waals surface area contributed by atoms with Crippen molar-refractivity contribution in [3.8, 4) is 0 Å². The molecule has 2 rings (SSSR count). The molecule has 0 unspecified atom stereocenters. The van der Waals surface area contributed by atoms with E-state index in [1.807, 2.05) is 17.8 Å². The average molecular weight is 301 g/mol. The molecule has 1 amide bonds. The summed E-state index contributed by atoms with van der Waals surface area (Å²) >= 11 is 1.81. The van der Waals surface area contributed by atoms with Gasteiger partial charge in [-0.1, -0.05) is 29.3 Å². The fourth-order valence-electron chi connectivity index (χ4n) is 2.15. The van der Waals surface area contributed by atoms with Crippen LogP contribution in [-0.2, 0) is 11.5 Å². The Labute approximate surface area is 129 Å². The Morgan fingerprint density at radius 3 is 2.48 bits per heavy atom. The number of carbonyl (C=O) groups excluding carboxylic acids is 1. The van der Waals surface area contributed by atoms with Crippen LogP contribution >= 0.6 is 11.8 Å². The van der Waals surface area contributed by atoms with Crippen molar-refractivity contribution in [2.75, 3.05) is 0 Å². The number of amides is 1. The van der Waals surface area contributed by atoms with Crippen molar-refractivity contribution in [3.63, 3.8) is 0 Å². The Kier molecular flexibility index (Phi) is 5.36. The minimum atomic E-state index is -0.322. The van der Waals surface area contributed by atoms with Gasteiger partial charge in [0.05, 0.1) is 11.3 Å². The highest BCUT2D eigenvalue weighted by Crippen LogP contribution is 2.19. The van der Waals surface area contributed by atoms with Gasteiger partial charge in [-0.3, -0.25) is 15.2 Å². The number of aryl methyl sites for hydroxylation is 2. The van der Waals surface area contributed by atoms with Gasteiger partial charge in [0.25, 0.3) is 5.91 Å². The largest absolute Gasteiger partial charge is 0.290 e. The first-order chi connectivity index (χ1) is 10.1. The topological polar surface area (TPSA) is 68.0 Å². The van der Waals surface area contributed by atoms with E-state index in [4.69, 9.17) is 5.84 Å². The molecule has 4 nitrogen and oxygen atoms in total. The van der Waals surface area contributed by atoms with Gasteiger partial charge in [0.1, 0.15) is 0 Å². The Balaban J connectivity index is 1.90. The van der Waals surface area contributed by atoms with Gasteiger partial charge in [0.15, 0.2) is 0 Å². The van der Waals surface area contributed by atoms with Crippen LogP contribution in [0.2, 0.25) is 0 Å². The van der Waals surface area contributed by atoms with Gasteiger partial charge in [-0.15, -0.1) is 0 Å². The third-order valence-corrected chi connectivity index (χ3v) is 4.06. The highest BCUT2D eigenvalue weighted by molar-refractivity contribution is 7.97. The summed E-state index contributed by atoms with van der Waals surface area (Å²) < 4.78 is 0. The third-order valence-electron chi connectivity index (χ3n) is 3.02. The fourth-order valence-corrected chi connectivity index (χ4v) is 3.04. The molecule has 0 radical (unpaired) electrons. The molecule has 21 heavy (non-hydrogen) atoms. The molecule has 0 aliphatic heterocycles. The highest BCUT2D eigenvalue weighted by Gasteiger charge is 2.04. The zero-order valence-electron chi connectivity index (χ0n) is 12.2. The summed E-state index contributed by atoms with van der Waals surface area (Å²) in [7, 11) is 0. The van der Waals surface area contributed by atoms with Crippen molar-refractivity contribution in [1.82, 2.24) is 10.4 Å². The molecule has 0 aliphatic carbocycles. The lowest BCUT2D eigenvalue weighted by Crippen LogP contribution is -2.30. The van der Waals surface area contributed by atoms with Crippen molar-refractivity contribution in [1.29, 1.82) is 0 Å². The van der Waals surface area contributed by atoms with Crippen molar-refractivity contribution in [3.05, 3.63) is 64.5 Å². The SMILES string of the molecule is Cc1cc(C)cc(CSCc2ccc(C(=O)NN)cn2)c1. The van der Waals surface area contributed by atoms with E-state index in [-0.39, 0.29) is 5.91 Å². The standard InChI is InChI=1S/C16H19N3OS/c1-11-5-12(2)7-13(6-11)9-21-10-15-4-3-14(8-18-15)16(20)19-17/h3-8H,9-10,17H2,1-2H3,(H,19,20). The number of nitrogens with two attached hydrogens (primary N) is 1. The van der Waals surface area contributed by atoms with Crippen LogP contribution in [0.1, 0.15) is 32.7 Å². The van der Waals surface area contributed by atoms with E-state index in [0.717, 1.165) is 17.2 Å². The lowest BCUT2D eigenvalue weighted by atomic mass is 10.1. The van der Waals surface area contributed by atoms with Gasteiger partial charge < -0.3 is 0 Å². The number of nitrogen functional groups attached to an aromatic ring is 1. The average Bonchev–Trinajstić information content (AvgIpc) is 2.46. The number of benzene rings is 1. The molecule has 1 heterocycles. The van der Waals surface area contributed by atoms with Crippen molar-refractivity contribution < 1.29 is 4.79 Å². The van der Waals surface area contributed by atoms with E-state index >= 15 is 0 Å². The number of rotatable bonds is 5. The molecule has 0 saturated heterocycles. The van der Waals surface area contributed by atoms with Gasteiger partial charge in [-0.25, -0.2) is 5.84 Å². The number of carbonyl (C=O) groups is 1. The van der Waals surface area contributed by atoms with Crippen LogP contribution in [0.25, 0.3) is 0 Å². The molecule has 0 aliphatic rings. The first-order valence-corrected chi connectivity index (χ1v) is 7.85. The van der Waals surface area contributed by atoms with Crippen LogP contribution in [0.15, 0.2) is 36.5 Å². The highest BCUT2D eigenvalue weighted by atomic mass is 32.2. The maximum Gasteiger partial charge on any atom is 0.266 e. The molecule has 0 fully saturated rings.